The standard InChI is InChI=1S/C14H25N3O2S.C4H8.2C2H6/c1-3-4-5-8-15-13(18)11-16-12-6-9-17(10-7-12)14(19)20-2;1-3-4-2;2*1-2/h3,12,16H,1,4-11H2,2H3,(H,15,18);3-4H,1-2H3;2*1-2H3. The van der Waals surface area contributed by atoms with Gasteiger partial charge >= 0.3 is 0 Å². The molecule has 2 amide bonds. The highest BCUT2D eigenvalue weighted by molar-refractivity contribution is 8.12. The maximum atomic E-state index is 11.6. The van der Waals surface area contributed by atoms with Crippen molar-refractivity contribution in [3.8, 4) is 0 Å². The molecule has 1 heterocycles. The zero-order chi connectivity index (χ0) is 22.2. The molecule has 0 bridgehead atoms. The average molecular weight is 416 g/mol. The summed E-state index contributed by atoms with van der Waals surface area (Å²) in [5.74, 6) is 0.0386. The van der Waals surface area contributed by atoms with Crippen LogP contribution in [0.2, 0.25) is 0 Å². The van der Waals surface area contributed by atoms with Gasteiger partial charge in [0.05, 0.1) is 6.54 Å². The molecule has 0 aromatic heterocycles. The van der Waals surface area contributed by atoms with Crippen LogP contribution in [0.3, 0.4) is 0 Å². The molecule has 0 spiro atoms. The van der Waals surface area contributed by atoms with Crippen molar-refractivity contribution in [2.75, 3.05) is 32.4 Å². The van der Waals surface area contributed by atoms with Crippen molar-refractivity contribution >= 4 is 22.9 Å². The zero-order valence-electron chi connectivity index (χ0n) is 19.3. The number of hydrogen-bond donors (Lipinski definition) is 2. The van der Waals surface area contributed by atoms with Gasteiger partial charge in [-0.1, -0.05) is 57.7 Å². The lowest BCUT2D eigenvalue weighted by molar-refractivity contribution is -0.120. The molecule has 1 rings (SSSR count). The van der Waals surface area contributed by atoms with E-state index in [1.807, 2.05) is 70.9 Å². The quantitative estimate of drug-likeness (QED) is 0.441. The van der Waals surface area contributed by atoms with E-state index in [1.54, 1.807) is 0 Å². The van der Waals surface area contributed by atoms with Crippen LogP contribution in [0.15, 0.2) is 24.8 Å². The molecule has 2 N–H and O–H groups in total. The van der Waals surface area contributed by atoms with Crippen molar-refractivity contribution in [1.82, 2.24) is 15.5 Å². The fourth-order valence-corrected chi connectivity index (χ4v) is 2.61. The highest BCUT2D eigenvalue weighted by Crippen LogP contribution is 2.14. The Morgan fingerprint density at radius 2 is 1.64 bits per heavy atom. The van der Waals surface area contributed by atoms with Gasteiger partial charge in [0.1, 0.15) is 0 Å². The molecule has 5 nitrogen and oxygen atoms in total. The molecule has 1 aliphatic heterocycles. The predicted octanol–water partition coefficient (Wildman–Crippen LogP) is 5.24. The summed E-state index contributed by atoms with van der Waals surface area (Å²) in [5, 5.41) is 6.28. The molecular weight excluding hydrogens is 370 g/mol. The molecule has 0 aromatic rings. The Hall–Kier alpha value is -1.27. The number of thioether (sulfide) groups is 1. The van der Waals surface area contributed by atoms with Gasteiger partial charge in [-0.2, -0.15) is 0 Å². The predicted molar refractivity (Wildman–Crippen MR) is 127 cm³/mol. The van der Waals surface area contributed by atoms with Gasteiger partial charge in [-0.3, -0.25) is 9.59 Å². The molecule has 0 atom stereocenters. The third kappa shape index (κ3) is 19.5. The molecule has 0 aromatic carbocycles. The SMILES string of the molecule is C=CCCCNC(=O)CNC1CCN(C(=O)SC)CC1.CC.CC.CC=CC. The van der Waals surface area contributed by atoms with E-state index >= 15 is 0 Å². The second kappa shape index (κ2) is 25.7. The van der Waals surface area contributed by atoms with E-state index in [0.717, 1.165) is 38.8 Å². The molecule has 1 aliphatic rings. The van der Waals surface area contributed by atoms with Crippen LogP contribution in [0.4, 0.5) is 4.79 Å². The normalized spacial score (nSPS) is 13.2. The van der Waals surface area contributed by atoms with Gasteiger partial charge in [0.2, 0.25) is 5.91 Å². The summed E-state index contributed by atoms with van der Waals surface area (Å²) in [6.45, 7) is 18.3. The highest BCUT2D eigenvalue weighted by atomic mass is 32.2. The number of amides is 2. The molecule has 166 valence electrons. The summed E-state index contributed by atoms with van der Waals surface area (Å²) in [6, 6.07) is 0.333. The van der Waals surface area contributed by atoms with E-state index < -0.39 is 0 Å². The molecule has 1 fully saturated rings. The smallest absolute Gasteiger partial charge is 0.281 e. The summed E-state index contributed by atoms with van der Waals surface area (Å²) in [7, 11) is 0. The molecule has 0 aliphatic carbocycles. The first-order chi connectivity index (χ1) is 13.6. The van der Waals surface area contributed by atoms with Crippen molar-refractivity contribution in [3.63, 3.8) is 0 Å². The molecule has 0 radical (unpaired) electrons. The Balaban J connectivity index is -0.000000675. The van der Waals surface area contributed by atoms with E-state index in [-0.39, 0.29) is 11.1 Å². The van der Waals surface area contributed by atoms with Crippen LogP contribution < -0.4 is 10.6 Å². The number of allylic oxidation sites excluding steroid dienone is 3. The monoisotopic (exact) mass is 415 g/mol. The summed E-state index contributed by atoms with van der Waals surface area (Å²) >= 11 is 1.26. The van der Waals surface area contributed by atoms with E-state index in [4.69, 9.17) is 0 Å². The number of carbonyl (C=O) groups is 2. The maximum Gasteiger partial charge on any atom is 0.281 e. The third-order valence-corrected chi connectivity index (χ3v) is 4.33. The van der Waals surface area contributed by atoms with Crippen molar-refractivity contribution in [2.24, 2.45) is 0 Å². The van der Waals surface area contributed by atoms with Crippen LogP contribution >= 0.6 is 11.8 Å². The van der Waals surface area contributed by atoms with Crippen LogP contribution in [-0.2, 0) is 4.79 Å². The Kier molecular flexibility index (Phi) is 28.9. The van der Waals surface area contributed by atoms with Gasteiger partial charge in [0, 0.05) is 25.7 Å². The van der Waals surface area contributed by atoms with Crippen LogP contribution in [0.1, 0.15) is 67.2 Å². The van der Waals surface area contributed by atoms with Gasteiger partial charge in [-0.05, 0) is 45.8 Å². The first-order valence-corrected chi connectivity index (χ1v) is 11.8. The first-order valence-electron chi connectivity index (χ1n) is 10.6. The topological polar surface area (TPSA) is 61.4 Å². The Labute approximate surface area is 178 Å². The first kappa shape index (κ1) is 31.4. The van der Waals surface area contributed by atoms with Crippen molar-refractivity contribution in [3.05, 3.63) is 24.8 Å². The van der Waals surface area contributed by atoms with Crippen LogP contribution in [0.25, 0.3) is 0 Å². The molecular formula is C22H45N3O2S. The summed E-state index contributed by atoms with van der Waals surface area (Å²) in [4.78, 5) is 25.0. The fourth-order valence-electron chi connectivity index (χ4n) is 2.17. The second-order valence-electron chi connectivity index (χ2n) is 5.56. The van der Waals surface area contributed by atoms with E-state index in [1.165, 1.54) is 11.8 Å². The lowest BCUT2D eigenvalue weighted by atomic mass is 10.1. The summed E-state index contributed by atoms with van der Waals surface area (Å²) in [6.07, 6.45) is 11.4. The Morgan fingerprint density at radius 1 is 1.11 bits per heavy atom. The van der Waals surface area contributed by atoms with Gasteiger partial charge in [-0.25, -0.2) is 0 Å². The molecule has 28 heavy (non-hydrogen) atoms. The lowest BCUT2D eigenvalue weighted by Gasteiger charge is -2.31. The van der Waals surface area contributed by atoms with Crippen molar-refractivity contribution < 1.29 is 9.59 Å². The summed E-state index contributed by atoms with van der Waals surface area (Å²) < 4.78 is 0. The number of hydrogen-bond acceptors (Lipinski definition) is 4. The van der Waals surface area contributed by atoms with Gasteiger partial charge in [0.25, 0.3) is 5.24 Å². The molecule has 0 unspecified atom stereocenters. The maximum absolute atomic E-state index is 11.6. The Bertz CT molecular complexity index is 389. The fraction of sp³-hybridized carbons (Fsp3) is 0.727. The van der Waals surface area contributed by atoms with Gasteiger partial charge < -0.3 is 15.5 Å². The largest absolute Gasteiger partial charge is 0.355 e. The van der Waals surface area contributed by atoms with Crippen LogP contribution in [0, 0.1) is 0 Å². The van der Waals surface area contributed by atoms with Crippen LogP contribution in [-0.4, -0.2) is 54.5 Å². The van der Waals surface area contributed by atoms with Crippen molar-refractivity contribution in [2.45, 2.75) is 73.3 Å². The average Bonchev–Trinajstić information content (AvgIpc) is 2.78. The number of nitrogens with one attached hydrogen (secondary N) is 2. The zero-order valence-corrected chi connectivity index (χ0v) is 20.2. The van der Waals surface area contributed by atoms with E-state index in [9.17, 15) is 9.59 Å². The number of unbranched alkanes of at least 4 members (excludes halogenated alkanes) is 1. The molecule has 0 saturated carbocycles. The number of nitrogens with zero attached hydrogens (tertiary/aromatic N) is 1. The van der Waals surface area contributed by atoms with Crippen LogP contribution in [0.5, 0.6) is 0 Å². The third-order valence-electron chi connectivity index (χ3n) is 3.72. The molecule has 6 heteroatoms. The van der Waals surface area contributed by atoms with Crippen molar-refractivity contribution in [1.29, 1.82) is 0 Å². The lowest BCUT2D eigenvalue weighted by Crippen LogP contribution is -2.46. The minimum atomic E-state index is 0.0386. The minimum absolute atomic E-state index is 0.0386. The highest BCUT2D eigenvalue weighted by Gasteiger charge is 2.22. The number of likely N-dealkylation sites (tertiary alicyclic amines) is 1. The minimum Gasteiger partial charge on any atom is -0.355 e. The number of carbonyl (C=O) groups excluding carboxylic acids is 2. The Morgan fingerprint density at radius 3 is 2.07 bits per heavy atom. The number of rotatable bonds is 7. The molecule has 1 saturated heterocycles. The van der Waals surface area contributed by atoms with E-state index in [0.29, 0.717) is 19.1 Å². The van der Waals surface area contributed by atoms with Gasteiger partial charge in [-0.15, -0.1) is 6.58 Å². The summed E-state index contributed by atoms with van der Waals surface area (Å²) in [5.41, 5.74) is 0. The van der Waals surface area contributed by atoms with Gasteiger partial charge in [0.15, 0.2) is 0 Å². The van der Waals surface area contributed by atoms with E-state index in [2.05, 4.69) is 17.2 Å². The second-order valence-corrected chi connectivity index (χ2v) is 6.32. The number of piperidine rings is 1.